The van der Waals surface area contributed by atoms with Crippen LogP contribution in [0.5, 0.6) is 0 Å². The molecular weight excluding hydrogens is 985 g/mol. The molecule has 0 spiro atoms. The lowest BCUT2D eigenvalue weighted by atomic mass is 10.0. The Kier molecular flexibility index (Phi) is 64.7. The Bertz CT molecular complexity index is 1560. The second kappa shape index (κ2) is 67.8. The molecule has 0 heterocycles. The van der Waals surface area contributed by atoms with Crippen LogP contribution in [0.1, 0.15) is 335 Å². The van der Waals surface area contributed by atoms with Gasteiger partial charge in [0.25, 0.3) is 0 Å². The van der Waals surface area contributed by atoms with E-state index in [0.717, 1.165) is 109 Å². The topological polar surface area (TPSA) is 78.9 Å². The van der Waals surface area contributed by atoms with Crippen molar-refractivity contribution >= 4 is 17.9 Å². The van der Waals surface area contributed by atoms with Gasteiger partial charge in [-0.15, -0.1) is 0 Å². The van der Waals surface area contributed by atoms with E-state index in [1.165, 1.54) is 186 Å². The van der Waals surface area contributed by atoms with Crippen LogP contribution >= 0.6 is 0 Å². The van der Waals surface area contributed by atoms with Gasteiger partial charge >= 0.3 is 17.9 Å². The summed E-state index contributed by atoms with van der Waals surface area (Å²) < 4.78 is 17.0. The normalized spacial score (nSPS) is 12.7. The summed E-state index contributed by atoms with van der Waals surface area (Å²) in [4.78, 5) is 38.4. The van der Waals surface area contributed by atoms with Crippen LogP contribution in [0, 0.1) is 0 Å². The first-order chi connectivity index (χ1) is 39.5. The van der Waals surface area contributed by atoms with E-state index >= 15 is 0 Å². The van der Waals surface area contributed by atoms with Gasteiger partial charge in [0, 0.05) is 19.3 Å². The predicted octanol–water partition coefficient (Wildman–Crippen LogP) is 23.6. The lowest BCUT2D eigenvalue weighted by Gasteiger charge is -2.18. The standard InChI is InChI=1S/C74H128O6/c1-4-7-10-13-16-19-22-25-28-30-32-34-35-36-37-38-39-41-42-44-46-49-52-55-58-61-64-67-73(76)79-70-71(69-78-72(75)66-63-60-57-54-51-48-27-24-21-18-15-12-9-6-3)80-74(77)68-65-62-59-56-53-50-47-45-43-40-33-31-29-26-23-20-17-14-11-8-5-2/h7,10,16,19,23,25-26,28,31-34,36-37,39,41,71H,4-6,8-9,11-15,17-18,20-22,24,27,29-30,35,38,40,42-70H2,1-3H3/b10-7-,19-16-,26-23-,28-25-,33-31-,34-32-,37-36-,41-39-. The Balaban J connectivity index is 4.34. The molecule has 0 aliphatic heterocycles. The summed E-state index contributed by atoms with van der Waals surface area (Å²) in [7, 11) is 0. The summed E-state index contributed by atoms with van der Waals surface area (Å²) in [6.07, 6.45) is 91.3. The highest BCUT2D eigenvalue weighted by atomic mass is 16.6. The highest BCUT2D eigenvalue weighted by Crippen LogP contribution is 2.17. The van der Waals surface area contributed by atoms with Gasteiger partial charge in [-0.1, -0.05) is 311 Å². The second-order valence-corrected chi connectivity index (χ2v) is 22.7. The number of hydrogen-bond donors (Lipinski definition) is 0. The molecule has 460 valence electrons. The lowest BCUT2D eigenvalue weighted by molar-refractivity contribution is -0.167. The van der Waals surface area contributed by atoms with E-state index in [2.05, 4.69) is 118 Å². The number of carbonyl (C=O) groups excluding carboxylic acids is 3. The maximum absolute atomic E-state index is 12.9. The van der Waals surface area contributed by atoms with E-state index in [1.807, 2.05) is 0 Å². The quantitative estimate of drug-likeness (QED) is 0.0261. The Morgan fingerprint density at radius 3 is 0.762 bits per heavy atom. The molecular formula is C74H128O6. The highest BCUT2D eigenvalue weighted by Gasteiger charge is 2.19. The zero-order valence-corrected chi connectivity index (χ0v) is 52.8. The van der Waals surface area contributed by atoms with Gasteiger partial charge in [-0.05, 0) is 103 Å². The Labute approximate surface area is 496 Å². The molecule has 0 aromatic rings. The van der Waals surface area contributed by atoms with Crippen molar-refractivity contribution in [2.24, 2.45) is 0 Å². The monoisotopic (exact) mass is 1110 g/mol. The number of allylic oxidation sites excluding steroid dienone is 16. The lowest BCUT2D eigenvalue weighted by Crippen LogP contribution is -2.30. The van der Waals surface area contributed by atoms with Crippen LogP contribution in [0.15, 0.2) is 97.2 Å². The molecule has 0 bridgehead atoms. The molecule has 80 heavy (non-hydrogen) atoms. The summed E-state index contributed by atoms with van der Waals surface area (Å²) in [6, 6.07) is 0. The molecule has 6 heteroatoms. The number of hydrogen-bond acceptors (Lipinski definition) is 6. The molecule has 0 aromatic heterocycles. The van der Waals surface area contributed by atoms with Crippen LogP contribution in [0.2, 0.25) is 0 Å². The van der Waals surface area contributed by atoms with Crippen LogP contribution < -0.4 is 0 Å². The van der Waals surface area contributed by atoms with Crippen LogP contribution in [0.3, 0.4) is 0 Å². The van der Waals surface area contributed by atoms with Crippen molar-refractivity contribution < 1.29 is 28.6 Å². The van der Waals surface area contributed by atoms with Crippen molar-refractivity contribution in [3.63, 3.8) is 0 Å². The SMILES string of the molecule is CC/C=C\C/C=C\C/C=C\C/C=C\C/C=C\C/C=C\CCCCCCCCCCC(=O)OCC(COC(=O)CCCCCCCCCCCCCCCC)OC(=O)CCCCCCCCCCC/C=C\C/C=C\CCCCCCC. The van der Waals surface area contributed by atoms with Crippen LogP contribution in [-0.2, 0) is 28.6 Å². The highest BCUT2D eigenvalue weighted by molar-refractivity contribution is 5.71. The zero-order chi connectivity index (χ0) is 57.8. The van der Waals surface area contributed by atoms with E-state index in [-0.39, 0.29) is 31.1 Å². The smallest absolute Gasteiger partial charge is 0.306 e. The summed E-state index contributed by atoms with van der Waals surface area (Å²) >= 11 is 0. The average molecular weight is 1110 g/mol. The first-order valence-corrected chi connectivity index (χ1v) is 34.2. The molecule has 0 saturated carbocycles. The molecule has 0 amide bonds. The molecule has 0 saturated heterocycles. The first kappa shape index (κ1) is 76.3. The third kappa shape index (κ3) is 65.1. The van der Waals surface area contributed by atoms with Crippen molar-refractivity contribution in [1.82, 2.24) is 0 Å². The van der Waals surface area contributed by atoms with Crippen molar-refractivity contribution in [1.29, 1.82) is 0 Å². The Hall–Kier alpha value is -3.67. The van der Waals surface area contributed by atoms with E-state index < -0.39 is 6.10 Å². The number of rotatable bonds is 62. The number of unbranched alkanes of at least 4 members (excludes halogenated alkanes) is 35. The molecule has 1 unspecified atom stereocenters. The molecule has 0 radical (unpaired) electrons. The maximum Gasteiger partial charge on any atom is 0.306 e. The van der Waals surface area contributed by atoms with Gasteiger partial charge in [-0.25, -0.2) is 0 Å². The van der Waals surface area contributed by atoms with Crippen LogP contribution in [0.25, 0.3) is 0 Å². The summed E-state index contributed by atoms with van der Waals surface area (Å²) in [5, 5.41) is 0. The van der Waals surface area contributed by atoms with Crippen LogP contribution in [0.4, 0.5) is 0 Å². The van der Waals surface area contributed by atoms with E-state index in [4.69, 9.17) is 14.2 Å². The van der Waals surface area contributed by atoms with Gasteiger partial charge in [-0.3, -0.25) is 14.4 Å². The van der Waals surface area contributed by atoms with E-state index in [0.29, 0.717) is 19.3 Å². The molecule has 0 aliphatic carbocycles. The van der Waals surface area contributed by atoms with Gasteiger partial charge in [0.15, 0.2) is 6.10 Å². The fraction of sp³-hybridized carbons (Fsp3) is 0.743. The van der Waals surface area contributed by atoms with Crippen molar-refractivity contribution in [3.8, 4) is 0 Å². The molecule has 1 atom stereocenters. The van der Waals surface area contributed by atoms with Crippen molar-refractivity contribution in [3.05, 3.63) is 97.2 Å². The van der Waals surface area contributed by atoms with Crippen LogP contribution in [-0.4, -0.2) is 37.2 Å². The summed E-state index contributed by atoms with van der Waals surface area (Å²) in [5.41, 5.74) is 0. The summed E-state index contributed by atoms with van der Waals surface area (Å²) in [5.74, 6) is -0.876. The van der Waals surface area contributed by atoms with Crippen molar-refractivity contribution in [2.75, 3.05) is 13.2 Å². The first-order valence-electron chi connectivity index (χ1n) is 34.2. The minimum atomic E-state index is -0.784. The zero-order valence-electron chi connectivity index (χ0n) is 52.8. The van der Waals surface area contributed by atoms with Gasteiger partial charge in [0.05, 0.1) is 0 Å². The number of ether oxygens (including phenoxy) is 3. The van der Waals surface area contributed by atoms with E-state index in [1.54, 1.807) is 0 Å². The second-order valence-electron chi connectivity index (χ2n) is 22.7. The molecule has 0 fully saturated rings. The molecule has 0 N–H and O–H groups in total. The fourth-order valence-corrected chi connectivity index (χ4v) is 9.71. The molecule has 0 aliphatic rings. The molecule has 0 aromatic carbocycles. The Morgan fingerprint density at radius 2 is 0.487 bits per heavy atom. The maximum atomic E-state index is 12.9. The predicted molar refractivity (Wildman–Crippen MR) is 348 cm³/mol. The summed E-state index contributed by atoms with van der Waals surface area (Å²) in [6.45, 7) is 6.55. The van der Waals surface area contributed by atoms with Gasteiger partial charge in [0.2, 0.25) is 0 Å². The third-order valence-electron chi connectivity index (χ3n) is 14.8. The number of carbonyl (C=O) groups is 3. The van der Waals surface area contributed by atoms with Gasteiger partial charge < -0.3 is 14.2 Å². The minimum absolute atomic E-state index is 0.0786. The van der Waals surface area contributed by atoms with Gasteiger partial charge in [0.1, 0.15) is 13.2 Å². The molecule has 0 rings (SSSR count). The van der Waals surface area contributed by atoms with E-state index in [9.17, 15) is 14.4 Å². The largest absolute Gasteiger partial charge is 0.462 e. The molecule has 6 nitrogen and oxygen atoms in total. The minimum Gasteiger partial charge on any atom is -0.462 e. The average Bonchev–Trinajstić information content (AvgIpc) is 3.46. The number of esters is 3. The Morgan fingerprint density at radius 1 is 0.263 bits per heavy atom. The van der Waals surface area contributed by atoms with Gasteiger partial charge in [-0.2, -0.15) is 0 Å². The fourth-order valence-electron chi connectivity index (χ4n) is 9.71. The van der Waals surface area contributed by atoms with Crippen molar-refractivity contribution in [2.45, 2.75) is 341 Å². The third-order valence-corrected chi connectivity index (χ3v) is 14.8.